The molecule has 0 bridgehead atoms. The smallest absolute Gasteiger partial charge is 0.115 e. The van der Waals surface area contributed by atoms with Crippen LogP contribution in [0.4, 0.5) is 0 Å². The molecule has 2 aromatic rings. The van der Waals surface area contributed by atoms with Crippen LogP contribution in [0.25, 0.3) is 0 Å². The number of nitrogens with one attached hydrogen (secondary N) is 1. The monoisotopic (exact) mass is 267 g/mol. The summed E-state index contributed by atoms with van der Waals surface area (Å²) in [5.41, 5.74) is 2.67. The number of aromatic nitrogens is 2. The Bertz CT molecular complexity index is 526. The summed E-state index contributed by atoms with van der Waals surface area (Å²) < 4.78 is 0. The summed E-state index contributed by atoms with van der Waals surface area (Å²) in [6.45, 7) is 3.24. The van der Waals surface area contributed by atoms with Crippen molar-refractivity contribution in [2.24, 2.45) is 5.92 Å². The first-order valence-corrected chi connectivity index (χ1v) is 7.43. The van der Waals surface area contributed by atoms with Crippen LogP contribution in [0, 0.1) is 5.92 Å². The van der Waals surface area contributed by atoms with E-state index in [4.69, 9.17) is 0 Å². The summed E-state index contributed by atoms with van der Waals surface area (Å²) in [5.74, 6) is 1.33. The second-order valence-electron chi connectivity index (χ2n) is 5.52. The lowest BCUT2D eigenvalue weighted by Gasteiger charge is -2.18. The predicted octanol–water partition coefficient (Wildman–Crippen LogP) is 3.32. The molecule has 20 heavy (non-hydrogen) atoms. The van der Waals surface area contributed by atoms with Gasteiger partial charge in [-0.05, 0) is 36.8 Å². The topological polar surface area (TPSA) is 37.8 Å². The number of hydrogen-bond acceptors (Lipinski definition) is 3. The van der Waals surface area contributed by atoms with Crippen molar-refractivity contribution in [3.05, 3.63) is 60.2 Å². The fraction of sp³-hybridized carbons (Fsp3) is 0.412. The fourth-order valence-corrected chi connectivity index (χ4v) is 2.95. The highest BCUT2D eigenvalue weighted by molar-refractivity contribution is 5.29. The lowest BCUT2D eigenvalue weighted by atomic mass is 10.0. The van der Waals surface area contributed by atoms with Crippen molar-refractivity contribution >= 4 is 0 Å². The highest BCUT2D eigenvalue weighted by atomic mass is 14.9. The van der Waals surface area contributed by atoms with E-state index in [1.54, 1.807) is 6.33 Å². The molecule has 1 fully saturated rings. The molecule has 0 saturated heterocycles. The van der Waals surface area contributed by atoms with Gasteiger partial charge in [0.2, 0.25) is 0 Å². The molecule has 1 aromatic heterocycles. The highest BCUT2D eigenvalue weighted by Crippen LogP contribution is 2.53. The number of rotatable bonds is 6. The second-order valence-corrected chi connectivity index (χ2v) is 5.52. The van der Waals surface area contributed by atoms with Gasteiger partial charge in [0.05, 0.1) is 0 Å². The SMILES string of the molecule is CCCNC(c1cncnc1)C1CC1c1ccccc1. The third kappa shape index (κ3) is 2.88. The Labute approximate surface area is 120 Å². The van der Waals surface area contributed by atoms with Gasteiger partial charge >= 0.3 is 0 Å². The third-order valence-corrected chi connectivity index (χ3v) is 4.05. The van der Waals surface area contributed by atoms with Crippen LogP contribution < -0.4 is 5.32 Å². The Morgan fingerprint density at radius 3 is 2.65 bits per heavy atom. The first kappa shape index (κ1) is 13.3. The van der Waals surface area contributed by atoms with Crippen LogP contribution in [-0.4, -0.2) is 16.5 Å². The van der Waals surface area contributed by atoms with Crippen LogP contribution in [0.15, 0.2) is 49.1 Å². The molecule has 3 unspecified atom stereocenters. The van der Waals surface area contributed by atoms with E-state index < -0.39 is 0 Å². The fourth-order valence-electron chi connectivity index (χ4n) is 2.95. The molecule has 1 aliphatic carbocycles. The van der Waals surface area contributed by atoms with E-state index >= 15 is 0 Å². The molecule has 3 heteroatoms. The van der Waals surface area contributed by atoms with Crippen molar-refractivity contribution in [3.8, 4) is 0 Å². The van der Waals surface area contributed by atoms with Crippen LogP contribution in [0.2, 0.25) is 0 Å². The largest absolute Gasteiger partial charge is 0.310 e. The molecule has 0 amide bonds. The molecule has 0 radical (unpaired) electrons. The Morgan fingerprint density at radius 2 is 1.95 bits per heavy atom. The Balaban J connectivity index is 1.75. The standard InChI is InChI=1S/C17H21N3/c1-2-8-20-17(14-10-18-12-19-11-14)16-9-15(16)13-6-4-3-5-7-13/h3-7,10-12,15-17,20H,2,8-9H2,1H3. The van der Waals surface area contributed by atoms with Crippen molar-refractivity contribution in [1.82, 2.24) is 15.3 Å². The summed E-state index contributed by atoms with van der Waals surface area (Å²) in [4.78, 5) is 8.34. The van der Waals surface area contributed by atoms with E-state index in [1.807, 2.05) is 12.4 Å². The van der Waals surface area contributed by atoms with Gasteiger partial charge in [-0.3, -0.25) is 0 Å². The molecular weight excluding hydrogens is 246 g/mol. The highest BCUT2D eigenvalue weighted by Gasteiger charge is 2.44. The summed E-state index contributed by atoms with van der Waals surface area (Å²) in [6.07, 6.45) is 7.89. The normalized spacial score (nSPS) is 22.4. The van der Waals surface area contributed by atoms with Gasteiger partial charge in [-0.2, -0.15) is 0 Å². The van der Waals surface area contributed by atoms with E-state index in [0.717, 1.165) is 13.0 Å². The van der Waals surface area contributed by atoms with E-state index in [-0.39, 0.29) is 0 Å². The molecule has 1 N–H and O–H groups in total. The van der Waals surface area contributed by atoms with Gasteiger partial charge in [-0.25, -0.2) is 9.97 Å². The number of nitrogens with zero attached hydrogens (tertiary/aromatic N) is 2. The second kappa shape index (κ2) is 6.14. The maximum Gasteiger partial charge on any atom is 0.115 e. The predicted molar refractivity (Wildman–Crippen MR) is 80.4 cm³/mol. The summed E-state index contributed by atoms with van der Waals surface area (Å²) in [5, 5.41) is 3.67. The van der Waals surface area contributed by atoms with Gasteiger partial charge in [-0.1, -0.05) is 37.3 Å². The average Bonchev–Trinajstić information content (AvgIpc) is 3.30. The van der Waals surface area contributed by atoms with Crippen LogP contribution in [0.5, 0.6) is 0 Å². The summed E-state index contributed by atoms with van der Waals surface area (Å²) >= 11 is 0. The quantitative estimate of drug-likeness (QED) is 0.872. The lowest BCUT2D eigenvalue weighted by molar-refractivity contribution is 0.470. The average molecular weight is 267 g/mol. The zero-order valence-electron chi connectivity index (χ0n) is 11.9. The van der Waals surface area contributed by atoms with Crippen LogP contribution in [0.3, 0.4) is 0 Å². The Hall–Kier alpha value is -1.74. The van der Waals surface area contributed by atoms with Crippen LogP contribution >= 0.6 is 0 Å². The van der Waals surface area contributed by atoms with E-state index in [1.165, 1.54) is 17.5 Å². The number of benzene rings is 1. The van der Waals surface area contributed by atoms with Crippen molar-refractivity contribution in [3.63, 3.8) is 0 Å². The molecular formula is C17H21N3. The lowest BCUT2D eigenvalue weighted by Crippen LogP contribution is -2.24. The van der Waals surface area contributed by atoms with E-state index in [9.17, 15) is 0 Å². The molecule has 3 nitrogen and oxygen atoms in total. The van der Waals surface area contributed by atoms with Gasteiger partial charge < -0.3 is 5.32 Å². The minimum absolute atomic E-state index is 0.376. The van der Waals surface area contributed by atoms with Crippen LogP contribution in [0.1, 0.15) is 42.9 Å². The summed E-state index contributed by atoms with van der Waals surface area (Å²) in [6, 6.07) is 11.2. The molecule has 0 spiro atoms. The zero-order valence-corrected chi connectivity index (χ0v) is 11.9. The molecule has 1 aliphatic rings. The molecule has 3 rings (SSSR count). The van der Waals surface area contributed by atoms with Gasteiger partial charge in [0, 0.05) is 24.0 Å². The van der Waals surface area contributed by atoms with Crippen molar-refractivity contribution in [2.45, 2.75) is 31.7 Å². The van der Waals surface area contributed by atoms with Gasteiger partial charge in [0.25, 0.3) is 0 Å². The van der Waals surface area contributed by atoms with Crippen LogP contribution in [-0.2, 0) is 0 Å². The van der Waals surface area contributed by atoms with Crippen molar-refractivity contribution < 1.29 is 0 Å². The van der Waals surface area contributed by atoms with Gasteiger partial charge in [-0.15, -0.1) is 0 Å². The zero-order chi connectivity index (χ0) is 13.8. The molecule has 1 saturated carbocycles. The molecule has 104 valence electrons. The molecule has 1 aromatic carbocycles. The maximum absolute atomic E-state index is 4.17. The Kier molecular flexibility index (Phi) is 4.07. The van der Waals surface area contributed by atoms with Crippen molar-refractivity contribution in [1.29, 1.82) is 0 Å². The first-order valence-electron chi connectivity index (χ1n) is 7.43. The summed E-state index contributed by atoms with van der Waals surface area (Å²) in [7, 11) is 0. The minimum atomic E-state index is 0.376. The van der Waals surface area contributed by atoms with Gasteiger partial charge in [0.15, 0.2) is 0 Å². The maximum atomic E-state index is 4.17. The number of hydrogen-bond donors (Lipinski definition) is 1. The molecule has 1 heterocycles. The van der Waals surface area contributed by atoms with E-state index in [0.29, 0.717) is 17.9 Å². The van der Waals surface area contributed by atoms with E-state index in [2.05, 4.69) is 52.5 Å². The Morgan fingerprint density at radius 1 is 1.20 bits per heavy atom. The van der Waals surface area contributed by atoms with Gasteiger partial charge in [0.1, 0.15) is 6.33 Å². The third-order valence-electron chi connectivity index (χ3n) is 4.05. The van der Waals surface area contributed by atoms with Crippen molar-refractivity contribution in [2.75, 3.05) is 6.54 Å². The molecule has 0 aliphatic heterocycles. The molecule has 3 atom stereocenters. The minimum Gasteiger partial charge on any atom is -0.310 e. The first-order chi connectivity index (χ1) is 9.90.